The third kappa shape index (κ3) is 4.57. The molecule has 1 aromatic heterocycles. The number of aromatic nitrogens is 1. The molecule has 1 unspecified atom stereocenters. The molecule has 2 aromatic rings. The van der Waals surface area contributed by atoms with Gasteiger partial charge in [-0.2, -0.15) is 0 Å². The summed E-state index contributed by atoms with van der Waals surface area (Å²) in [5, 5.41) is 2.94. The van der Waals surface area contributed by atoms with E-state index in [9.17, 15) is 9.59 Å². The van der Waals surface area contributed by atoms with Gasteiger partial charge < -0.3 is 10.1 Å². The number of ether oxygens (including phenoxy) is 1. The highest BCUT2D eigenvalue weighted by Gasteiger charge is 2.24. The number of amides is 1. The van der Waals surface area contributed by atoms with Crippen LogP contribution in [0, 0.1) is 6.92 Å². The molecule has 0 spiro atoms. The number of nitrogens with one attached hydrogen (secondary N) is 1. The number of halogens is 1. The summed E-state index contributed by atoms with van der Waals surface area (Å²) in [4.78, 5) is 28.7. The Morgan fingerprint density at radius 3 is 2.64 bits per heavy atom. The number of hydrogen-bond acceptors (Lipinski definition) is 4. The second-order valence-corrected chi connectivity index (χ2v) is 5.95. The van der Waals surface area contributed by atoms with Crippen molar-refractivity contribution in [3.05, 3.63) is 58.4 Å². The zero-order valence-electron chi connectivity index (χ0n) is 14.5. The van der Waals surface area contributed by atoms with Crippen molar-refractivity contribution in [2.24, 2.45) is 0 Å². The van der Waals surface area contributed by atoms with E-state index in [1.165, 1.54) is 12.3 Å². The van der Waals surface area contributed by atoms with Crippen LogP contribution in [0.5, 0.6) is 0 Å². The first kappa shape index (κ1) is 18.9. The minimum absolute atomic E-state index is 0.0509. The van der Waals surface area contributed by atoms with Crippen molar-refractivity contribution in [1.29, 1.82) is 0 Å². The van der Waals surface area contributed by atoms with Crippen molar-refractivity contribution in [3.63, 3.8) is 0 Å². The maximum Gasteiger partial charge on any atom is 0.342 e. The Morgan fingerprint density at radius 1 is 1.24 bits per heavy atom. The SMILES string of the molecule is CCc1cccc(C)c1NC(=O)C(CC)OC(=O)c1cccnc1Cl. The van der Waals surface area contributed by atoms with Gasteiger partial charge in [0, 0.05) is 11.9 Å². The van der Waals surface area contributed by atoms with Gasteiger partial charge in [-0.05, 0) is 43.0 Å². The lowest BCUT2D eigenvalue weighted by atomic mass is 10.1. The van der Waals surface area contributed by atoms with Crippen LogP contribution >= 0.6 is 11.6 Å². The number of pyridine rings is 1. The van der Waals surface area contributed by atoms with Gasteiger partial charge >= 0.3 is 5.97 Å². The van der Waals surface area contributed by atoms with Gasteiger partial charge in [0.25, 0.3) is 5.91 Å². The summed E-state index contributed by atoms with van der Waals surface area (Å²) >= 11 is 5.90. The zero-order valence-corrected chi connectivity index (χ0v) is 15.3. The predicted octanol–water partition coefficient (Wildman–Crippen LogP) is 4.18. The first-order valence-corrected chi connectivity index (χ1v) is 8.56. The van der Waals surface area contributed by atoms with E-state index in [4.69, 9.17) is 16.3 Å². The molecule has 1 atom stereocenters. The van der Waals surface area contributed by atoms with Gasteiger partial charge in [-0.1, -0.05) is 43.6 Å². The van der Waals surface area contributed by atoms with E-state index in [-0.39, 0.29) is 16.6 Å². The van der Waals surface area contributed by atoms with Gasteiger partial charge in [0.2, 0.25) is 0 Å². The fourth-order valence-electron chi connectivity index (χ4n) is 2.46. The molecule has 1 heterocycles. The Labute approximate surface area is 152 Å². The summed E-state index contributed by atoms with van der Waals surface area (Å²) in [5.41, 5.74) is 2.90. The number of para-hydroxylation sites is 1. The highest BCUT2D eigenvalue weighted by Crippen LogP contribution is 2.22. The molecular formula is C19H21ClN2O3. The topological polar surface area (TPSA) is 68.3 Å². The largest absolute Gasteiger partial charge is 0.449 e. The first-order valence-electron chi connectivity index (χ1n) is 8.18. The summed E-state index contributed by atoms with van der Waals surface area (Å²) in [6.45, 7) is 5.73. The smallest absolute Gasteiger partial charge is 0.342 e. The van der Waals surface area contributed by atoms with E-state index in [0.717, 1.165) is 23.2 Å². The molecule has 1 N–H and O–H groups in total. The fourth-order valence-corrected chi connectivity index (χ4v) is 2.66. The van der Waals surface area contributed by atoms with Gasteiger partial charge in [-0.25, -0.2) is 9.78 Å². The second-order valence-electron chi connectivity index (χ2n) is 5.60. The number of hydrogen-bond donors (Lipinski definition) is 1. The molecule has 132 valence electrons. The summed E-state index contributed by atoms with van der Waals surface area (Å²) in [6, 6.07) is 8.94. The van der Waals surface area contributed by atoms with Crippen LogP contribution in [0.25, 0.3) is 0 Å². The Kier molecular flexibility index (Phi) is 6.53. The van der Waals surface area contributed by atoms with Crippen LogP contribution in [-0.2, 0) is 16.0 Å². The molecule has 5 nitrogen and oxygen atoms in total. The van der Waals surface area contributed by atoms with Crippen LogP contribution < -0.4 is 5.32 Å². The molecule has 2 rings (SSSR count). The maximum atomic E-state index is 12.6. The third-order valence-electron chi connectivity index (χ3n) is 3.88. The molecule has 0 aliphatic heterocycles. The van der Waals surface area contributed by atoms with Crippen LogP contribution in [0.1, 0.15) is 41.8 Å². The average molecular weight is 361 g/mol. The van der Waals surface area contributed by atoms with Gasteiger partial charge in [-0.3, -0.25) is 4.79 Å². The molecule has 1 aromatic carbocycles. The standard InChI is InChI=1S/C19H21ClN2O3/c1-4-13-9-6-8-12(3)16(13)22-18(23)15(5-2)25-19(24)14-10-7-11-21-17(14)20/h6-11,15H,4-5H2,1-3H3,(H,22,23). The Hall–Kier alpha value is -2.40. The minimum Gasteiger partial charge on any atom is -0.449 e. The lowest BCUT2D eigenvalue weighted by molar-refractivity contribution is -0.124. The molecule has 6 heteroatoms. The molecule has 0 saturated heterocycles. The summed E-state index contributed by atoms with van der Waals surface area (Å²) in [5.74, 6) is -1.03. The molecule has 25 heavy (non-hydrogen) atoms. The normalized spacial score (nSPS) is 11.7. The molecular weight excluding hydrogens is 340 g/mol. The van der Waals surface area contributed by atoms with E-state index in [1.807, 2.05) is 32.0 Å². The molecule has 0 radical (unpaired) electrons. The zero-order chi connectivity index (χ0) is 18.4. The number of nitrogens with zero attached hydrogens (tertiary/aromatic N) is 1. The van der Waals surface area contributed by atoms with Crippen molar-refractivity contribution >= 4 is 29.2 Å². The summed E-state index contributed by atoms with van der Waals surface area (Å²) in [6.07, 6.45) is 1.71. The van der Waals surface area contributed by atoms with Crippen LogP contribution in [0.3, 0.4) is 0 Å². The Bertz CT molecular complexity index is 777. The van der Waals surface area contributed by atoms with Gasteiger partial charge in [0.1, 0.15) is 5.15 Å². The number of anilines is 1. The third-order valence-corrected chi connectivity index (χ3v) is 4.18. The number of esters is 1. The van der Waals surface area contributed by atoms with E-state index in [0.29, 0.717) is 6.42 Å². The first-order chi connectivity index (χ1) is 12.0. The average Bonchev–Trinajstić information content (AvgIpc) is 2.61. The summed E-state index contributed by atoms with van der Waals surface area (Å²) in [7, 11) is 0. The Balaban J connectivity index is 2.14. The number of benzene rings is 1. The predicted molar refractivity (Wildman–Crippen MR) is 97.9 cm³/mol. The van der Waals surface area contributed by atoms with Crippen LogP contribution in [-0.4, -0.2) is 23.0 Å². The lowest BCUT2D eigenvalue weighted by Crippen LogP contribution is -2.32. The van der Waals surface area contributed by atoms with Crippen molar-refractivity contribution in [2.45, 2.75) is 39.7 Å². The van der Waals surface area contributed by atoms with Crippen LogP contribution in [0.15, 0.2) is 36.5 Å². The molecule has 0 saturated carbocycles. The van der Waals surface area contributed by atoms with Crippen LogP contribution in [0.2, 0.25) is 5.15 Å². The van der Waals surface area contributed by atoms with Crippen molar-refractivity contribution in [2.75, 3.05) is 5.32 Å². The van der Waals surface area contributed by atoms with Gasteiger partial charge in [0.05, 0.1) is 5.56 Å². The molecule has 0 aliphatic carbocycles. The highest BCUT2D eigenvalue weighted by molar-refractivity contribution is 6.32. The lowest BCUT2D eigenvalue weighted by Gasteiger charge is -2.19. The van der Waals surface area contributed by atoms with E-state index in [2.05, 4.69) is 10.3 Å². The molecule has 0 bridgehead atoms. The van der Waals surface area contributed by atoms with Crippen molar-refractivity contribution < 1.29 is 14.3 Å². The molecule has 0 aliphatic rings. The van der Waals surface area contributed by atoms with Crippen LogP contribution in [0.4, 0.5) is 5.69 Å². The highest BCUT2D eigenvalue weighted by atomic mass is 35.5. The fraction of sp³-hybridized carbons (Fsp3) is 0.316. The van der Waals surface area contributed by atoms with E-state index in [1.54, 1.807) is 13.0 Å². The molecule has 1 amide bonds. The minimum atomic E-state index is -0.909. The number of aryl methyl sites for hydroxylation is 2. The van der Waals surface area contributed by atoms with Crippen molar-refractivity contribution in [3.8, 4) is 0 Å². The summed E-state index contributed by atoms with van der Waals surface area (Å²) < 4.78 is 5.34. The molecule has 0 fully saturated rings. The van der Waals surface area contributed by atoms with Crippen molar-refractivity contribution in [1.82, 2.24) is 4.98 Å². The Morgan fingerprint density at radius 2 is 2.00 bits per heavy atom. The quantitative estimate of drug-likeness (QED) is 0.619. The van der Waals surface area contributed by atoms with E-state index >= 15 is 0 Å². The monoisotopic (exact) mass is 360 g/mol. The van der Waals surface area contributed by atoms with E-state index < -0.39 is 12.1 Å². The number of carbonyl (C=O) groups is 2. The number of rotatable bonds is 6. The number of carbonyl (C=O) groups excluding carboxylic acids is 2. The van der Waals surface area contributed by atoms with Gasteiger partial charge in [-0.15, -0.1) is 0 Å². The maximum absolute atomic E-state index is 12.6. The second kappa shape index (κ2) is 8.62. The van der Waals surface area contributed by atoms with Gasteiger partial charge in [0.15, 0.2) is 6.10 Å².